The second-order valence-corrected chi connectivity index (χ2v) is 6.64. The zero-order valence-electron chi connectivity index (χ0n) is 14.1. The molecule has 0 saturated carbocycles. The third kappa shape index (κ3) is 4.02. The number of carbonyl (C=O) groups excluding carboxylic acids is 2. The first-order valence-electron chi connectivity index (χ1n) is 8.34. The van der Waals surface area contributed by atoms with Gasteiger partial charge in [-0.05, 0) is 24.5 Å². The molecule has 1 aliphatic heterocycles. The predicted octanol–water partition coefficient (Wildman–Crippen LogP) is 2.24. The lowest BCUT2D eigenvalue weighted by Gasteiger charge is -2.31. The van der Waals surface area contributed by atoms with Gasteiger partial charge in [-0.1, -0.05) is 29.8 Å². The van der Waals surface area contributed by atoms with Gasteiger partial charge in [0.2, 0.25) is 5.91 Å². The second-order valence-electron chi connectivity index (χ2n) is 6.24. The third-order valence-electron chi connectivity index (χ3n) is 4.58. The van der Waals surface area contributed by atoms with Crippen LogP contribution in [0.1, 0.15) is 29.0 Å². The van der Waals surface area contributed by atoms with E-state index in [9.17, 15) is 9.59 Å². The zero-order chi connectivity index (χ0) is 17.8. The van der Waals surface area contributed by atoms with Gasteiger partial charge in [0, 0.05) is 50.0 Å². The number of halogens is 1. The normalized spacial score (nSPS) is 15.2. The average Bonchev–Trinajstić information content (AvgIpc) is 3.06. The standard InChI is InChI=1S/C18H21ClN4O2/c1-22-11-8-20-16(22)18(25)23-9-6-13(7-10-23)17(24)21-12-14-4-2-3-5-15(14)19/h2-5,8,11,13H,6-7,9-10,12H2,1H3,(H,21,24). The lowest BCUT2D eigenvalue weighted by atomic mass is 9.95. The maximum Gasteiger partial charge on any atom is 0.289 e. The van der Waals surface area contributed by atoms with E-state index in [-0.39, 0.29) is 17.7 Å². The van der Waals surface area contributed by atoms with Crippen LogP contribution in [0.3, 0.4) is 0 Å². The highest BCUT2D eigenvalue weighted by atomic mass is 35.5. The molecule has 1 aromatic carbocycles. The molecule has 0 atom stereocenters. The van der Waals surface area contributed by atoms with Gasteiger partial charge in [0.1, 0.15) is 0 Å². The Bertz CT molecular complexity index is 766. The van der Waals surface area contributed by atoms with Crippen LogP contribution in [0, 0.1) is 5.92 Å². The quantitative estimate of drug-likeness (QED) is 0.909. The molecule has 25 heavy (non-hydrogen) atoms. The van der Waals surface area contributed by atoms with Crippen LogP contribution in [0.25, 0.3) is 0 Å². The summed E-state index contributed by atoms with van der Waals surface area (Å²) in [5.74, 6) is 0.293. The van der Waals surface area contributed by atoms with Crippen LogP contribution in [0.4, 0.5) is 0 Å². The first-order valence-corrected chi connectivity index (χ1v) is 8.72. The molecule has 0 bridgehead atoms. The summed E-state index contributed by atoms with van der Waals surface area (Å²) in [4.78, 5) is 30.7. The van der Waals surface area contributed by atoms with E-state index < -0.39 is 0 Å². The van der Waals surface area contributed by atoms with E-state index in [1.54, 1.807) is 28.9 Å². The fourth-order valence-electron chi connectivity index (χ4n) is 3.03. The Balaban J connectivity index is 1.50. The van der Waals surface area contributed by atoms with Crippen molar-refractivity contribution in [3.05, 3.63) is 53.1 Å². The fourth-order valence-corrected chi connectivity index (χ4v) is 3.23. The topological polar surface area (TPSA) is 67.2 Å². The van der Waals surface area contributed by atoms with E-state index in [1.165, 1.54) is 0 Å². The molecule has 1 aromatic heterocycles. The molecule has 132 valence electrons. The first kappa shape index (κ1) is 17.5. The SMILES string of the molecule is Cn1ccnc1C(=O)N1CCC(C(=O)NCc2ccccc2Cl)CC1. The Kier molecular flexibility index (Phi) is 5.38. The Hall–Kier alpha value is -2.34. The lowest BCUT2D eigenvalue weighted by molar-refractivity contribution is -0.126. The second kappa shape index (κ2) is 7.70. The van der Waals surface area contributed by atoms with Crippen LogP contribution in [0.15, 0.2) is 36.7 Å². The van der Waals surface area contributed by atoms with Crippen molar-refractivity contribution in [2.45, 2.75) is 19.4 Å². The smallest absolute Gasteiger partial charge is 0.289 e. The average molecular weight is 361 g/mol. The van der Waals surface area contributed by atoms with Gasteiger partial charge in [0.25, 0.3) is 5.91 Å². The van der Waals surface area contributed by atoms with Crippen molar-refractivity contribution < 1.29 is 9.59 Å². The van der Waals surface area contributed by atoms with E-state index in [0.717, 1.165) is 5.56 Å². The number of rotatable bonds is 4. The summed E-state index contributed by atoms with van der Waals surface area (Å²) < 4.78 is 1.71. The monoisotopic (exact) mass is 360 g/mol. The fraction of sp³-hybridized carbons (Fsp3) is 0.389. The molecule has 7 heteroatoms. The highest BCUT2D eigenvalue weighted by Crippen LogP contribution is 2.20. The Labute approximate surface area is 151 Å². The molecular weight excluding hydrogens is 340 g/mol. The summed E-state index contributed by atoms with van der Waals surface area (Å²) in [6.07, 6.45) is 4.68. The minimum Gasteiger partial charge on any atom is -0.352 e. The number of aromatic nitrogens is 2. The Morgan fingerprint density at radius 1 is 1.28 bits per heavy atom. The number of nitrogens with zero attached hydrogens (tertiary/aromatic N) is 3. The number of hydrogen-bond donors (Lipinski definition) is 1. The summed E-state index contributed by atoms with van der Waals surface area (Å²) in [5.41, 5.74) is 0.903. The van der Waals surface area contributed by atoms with Gasteiger partial charge in [0.05, 0.1) is 0 Å². The molecule has 0 unspecified atom stereocenters. The number of amides is 2. The van der Waals surface area contributed by atoms with Crippen LogP contribution in [0.2, 0.25) is 5.02 Å². The maximum absolute atomic E-state index is 12.4. The molecule has 1 saturated heterocycles. The summed E-state index contributed by atoms with van der Waals surface area (Å²) in [5, 5.41) is 3.60. The van der Waals surface area contributed by atoms with Crippen molar-refractivity contribution in [3.8, 4) is 0 Å². The predicted molar refractivity (Wildman–Crippen MR) is 95.1 cm³/mol. The van der Waals surface area contributed by atoms with Crippen molar-refractivity contribution in [2.24, 2.45) is 13.0 Å². The van der Waals surface area contributed by atoms with Gasteiger partial charge in [-0.3, -0.25) is 9.59 Å². The number of hydrogen-bond acceptors (Lipinski definition) is 3. The van der Waals surface area contributed by atoms with E-state index in [0.29, 0.717) is 43.3 Å². The van der Waals surface area contributed by atoms with Gasteiger partial charge >= 0.3 is 0 Å². The molecule has 1 N–H and O–H groups in total. The van der Waals surface area contributed by atoms with E-state index in [2.05, 4.69) is 10.3 Å². The summed E-state index contributed by atoms with van der Waals surface area (Å²) in [6.45, 7) is 1.55. The number of imidazole rings is 1. The van der Waals surface area contributed by atoms with Gasteiger partial charge < -0.3 is 14.8 Å². The van der Waals surface area contributed by atoms with Crippen LogP contribution < -0.4 is 5.32 Å². The molecule has 2 heterocycles. The molecule has 1 aliphatic rings. The van der Waals surface area contributed by atoms with E-state index >= 15 is 0 Å². The maximum atomic E-state index is 12.4. The number of nitrogens with one attached hydrogen (secondary N) is 1. The number of piperidine rings is 1. The zero-order valence-corrected chi connectivity index (χ0v) is 14.9. The number of likely N-dealkylation sites (tertiary alicyclic amines) is 1. The number of benzene rings is 1. The molecule has 0 spiro atoms. The van der Waals surface area contributed by atoms with Crippen LogP contribution in [-0.2, 0) is 18.4 Å². The highest BCUT2D eigenvalue weighted by Gasteiger charge is 2.29. The molecule has 2 aromatic rings. The van der Waals surface area contributed by atoms with Crippen LogP contribution >= 0.6 is 11.6 Å². The Morgan fingerprint density at radius 3 is 2.64 bits per heavy atom. The van der Waals surface area contributed by atoms with E-state index in [4.69, 9.17) is 11.6 Å². The van der Waals surface area contributed by atoms with Crippen molar-refractivity contribution in [2.75, 3.05) is 13.1 Å². The van der Waals surface area contributed by atoms with Gasteiger partial charge in [-0.25, -0.2) is 4.98 Å². The highest BCUT2D eigenvalue weighted by molar-refractivity contribution is 6.31. The summed E-state index contributed by atoms with van der Waals surface area (Å²) in [7, 11) is 1.80. The van der Waals surface area contributed by atoms with Crippen molar-refractivity contribution in [3.63, 3.8) is 0 Å². The molecule has 0 aliphatic carbocycles. The summed E-state index contributed by atoms with van der Waals surface area (Å²) in [6, 6.07) is 7.47. The minimum absolute atomic E-state index is 0.0176. The molecular formula is C18H21ClN4O2. The number of aryl methyl sites for hydroxylation is 1. The molecule has 3 rings (SSSR count). The van der Waals surface area contributed by atoms with E-state index in [1.807, 2.05) is 24.3 Å². The van der Waals surface area contributed by atoms with Gasteiger partial charge in [-0.15, -0.1) is 0 Å². The van der Waals surface area contributed by atoms with Gasteiger partial charge in [-0.2, -0.15) is 0 Å². The molecule has 6 nitrogen and oxygen atoms in total. The van der Waals surface area contributed by atoms with Gasteiger partial charge in [0.15, 0.2) is 5.82 Å². The largest absolute Gasteiger partial charge is 0.352 e. The van der Waals surface area contributed by atoms with Crippen LogP contribution in [0.5, 0.6) is 0 Å². The molecule has 0 radical (unpaired) electrons. The molecule has 1 fully saturated rings. The third-order valence-corrected chi connectivity index (χ3v) is 4.95. The lowest BCUT2D eigenvalue weighted by Crippen LogP contribution is -2.43. The Morgan fingerprint density at radius 2 is 2.00 bits per heavy atom. The minimum atomic E-state index is -0.0811. The number of carbonyl (C=O) groups is 2. The van der Waals surface area contributed by atoms with Crippen molar-refractivity contribution >= 4 is 23.4 Å². The van der Waals surface area contributed by atoms with Crippen molar-refractivity contribution in [1.29, 1.82) is 0 Å². The molecule has 2 amide bonds. The van der Waals surface area contributed by atoms with Crippen LogP contribution in [-0.4, -0.2) is 39.4 Å². The van der Waals surface area contributed by atoms with Crippen molar-refractivity contribution in [1.82, 2.24) is 19.8 Å². The summed E-state index contributed by atoms with van der Waals surface area (Å²) >= 11 is 6.11. The first-order chi connectivity index (χ1) is 12.1.